The van der Waals surface area contributed by atoms with Gasteiger partial charge in [0.2, 0.25) is 0 Å². The third-order valence-electron chi connectivity index (χ3n) is 4.42. The fraction of sp³-hybridized carbons (Fsp3) is 0.611. The van der Waals surface area contributed by atoms with Crippen LogP contribution in [0.15, 0.2) is 30.3 Å². The number of methoxy groups -OCH3 is 1. The molecular weight excluding hydrogens is 292 g/mol. The molecule has 23 heavy (non-hydrogen) atoms. The van der Waals surface area contributed by atoms with Gasteiger partial charge in [-0.25, -0.2) is 4.79 Å². The smallest absolute Gasteiger partial charge is 0.315 e. The zero-order chi connectivity index (χ0) is 16.5. The molecule has 0 radical (unpaired) electrons. The Kier molecular flexibility index (Phi) is 7.36. The van der Waals surface area contributed by atoms with Gasteiger partial charge in [-0.3, -0.25) is 0 Å². The summed E-state index contributed by atoms with van der Waals surface area (Å²) in [6.07, 6.45) is 4.87. The second kappa shape index (κ2) is 9.53. The lowest BCUT2D eigenvalue weighted by Gasteiger charge is -2.32. The van der Waals surface area contributed by atoms with Crippen LogP contribution >= 0.6 is 0 Å². The molecule has 1 aromatic carbocycles. The topological polar surface area (TPSA) is 70.6 Å². The molecule has 0 saturated heterocycles. The van der Waals surface area contributed by atoms with Crippen LogP contribution in [0, 0.1) is 5.92 Å². The summed E-state index contributed by atoms with van der Waals surface area (Å²) in [4.78, 5) is 12.0. The Morgan fingerprint density at radius 3 is 2.78 bits per heavy atom. The number of rotatable bonds is 7. The number of aliphatic hydroxyl groups is 1. The van der Waals surface area contributed by atoms with Crippen molar-refractivity contribution in [1.29, 1.82) is 0 Å². The molecule has 2 rings (SSSR count). The molecule has 0 spiro atoms. The van der Waals surface area contributed by atoms with E-state index in [-0.39, 0.29) is 25.2 Å². The van der Waals surface area contributed by atoms with Gasteiger partial charge in [0.05, 0.1) is 12.7 Å². The van der Waals surface area contributed by atoms with Gasteiger partial charge in [-0.1, -0.05) is 43.2 Å². The number of hydrogen-bond acceptors (Lipinski definition) is 3. The third-order valence-corrected chi connectivity index (χ3v) is 4.42. The quantitative estimate of drug-likeness (QED) is 0.720. The summed E-state index contributed by atoms with van der Waals surface area (Å²) in [6, 6.07) is 10.4. The van der Waals surface area contributed by atoms with Crippen LogP contribution in [0.25, 0.3) is 0 Å². The first kappa shape index (κ1) is 17.8. The Labute approximate surface area is 138 Å². The predicted molar refractivity (Wildman–Crippen MR) is 90.3 cm³/mol. The zero-order valence-corrected chi connectivity index (χ0v) is 13.8. The normalized spacial score (nSPS) is 22.3. The average molecular weight is 320 g/mol. The van der Waals surface area contributed by atoms with Crippen molar-refractivity contribution in [3.05, 3.63) is 35.9 Å². The fourth-order valence-electron chi connectivity index (χ4n) is 3.24. The van der Waals surface area contributed by atoms with Crippen molar-refractivity contribution >= 4 is 6.03 Å². The molecule has 3 N–H and O–H groups in total. The van der Waals surface area contributed by atoms with E-state index in [0.717, 1.165) is 25.7 Å². The van der Waals surface area contributed by atoms with Gasteiger partial charge in [0.25, 0.3) is 0 Å². The second-order valence-electron chi connectivity index (χ2n) is 6.30. The third kappa shape index (κ3) is 6.20. The molecule has 5 heteroatoms. The molecule has 0 aliphatic heterocycles. The Morgan fingerprint density at radius 1 is 1.30 bits per heavy atom. The number of carbonyl (C=O) groups is 1. The Morgan fingerprint density at radius 2 is 2.04 bits per heavy atom. The molecule has 1 fully saturated rings. The van der Waals surface area contributed by atoms with E-state index >= 15 is 0 Å². The van der Waals surface area contributed by atoms with Crippen LogP contribution in [-0.2, 0) is 11.2 Å². The number of ether oxygens (including phenoxy) is 1. The number of benzene rings is 1. The molecule has 1 aliphatic carbocycles. The lowest BCUT2D eigenvalue weighted by molar-refractivity contribution is 0.0657. The molecule has 1 aliphatic rings. The molecule has 1 saturated carbocycles. The fourth-order valence-corrected chi connectivity index (χ4v) is 3.24. The Balaban J connectivity index is 1.82. The Bertz CT molecular complexity index is 467. The van der Waals surface area contributed by atoms with Crippen LogP contribution in [-0.4, -0.2) is 43.5 Å². The Hall–Kier alpha value is -1.59. The first-order chi connectivity index (χ1) is 11.2. The van der Waals surface area contributed by atoms with Gasteiger partial charge in [-0.15, -0.1) is 0 Å². The largest absolute Gasteiger partial charge is 0.389 e. The van der Waals surface area contributed by atoms with Crippen molar-refractivity contribution in [3.63, 3.8) is 0 Å². The van der Waals surface area contributed by atoms with Gasteiger partial charge >= 0.3 is 6.03 Å². The first-order valence-corrected chi connectivity index (χ1v) is 8.44. The maximum atomic E-state index is 12.0. The van der Waals surface area contributed by atoms with E-state index in [2.05, 4.69) is 34.9 Å². The van der Waals surface area contributed by atoms with E-state index < -0.39 is 6.10 Å². The monoisotopic (exact) mass is 320 g/mol. The molecule has 0 heterocycles. The number of amides is 2. The van der Waals surface area contributed by atoms with Crippen LogP contribution in [0.1, 0.15) is 31.2 Å². The first-order valence-electron chi connectivity index (χ1n) is 8.44. The summed E-state index contributed by atoms with van der Waals surface area (Å²) in [7, 11) is 1.53. The van der Waals surface area contributed by atoms with Gasteiger partial charge in [0, 0.05) is 19.7 Å². The van der Waals surface area contributed by atoms with Gasteiger partial charge in [0.15, 0.2) is 0 Å². The van der Waals surface area contributed by atoms with Crippen LogP contribution in [0.4, 0.5) is 4.79 Å². The summed E-state index contributed by atoms with van der Waals surface area (Å²) in [6.45, 7) is 0.427. The van der Waals surface area contributed by atoms with E-state index in [1.807, 2.05) is 6.07 Å². The number of urea groups is 1. The SMILES string of the molecule is COCC(O)CNC(=O)NC1CCCCC1Cc1ccccc1. The molecular formula is C18H28N2O3. The van der Waals surface area contributed by atoms with Crippen LogP contribution in [0.2, 0.25) is 0 Å². The van der Waals surface area contributed by atoms with E-state index in [4.69, 9.17) is 4.74 Å². The molecule has 128 valence electrons. The lowest BCUT2D eigenvalue weighted by atomic mass is 9.81. The van der Waals surface area contributed by atoms with Crippen molar-refractivity contribution < 1.29 is 14.6 Å². The number of carbonyl (C=O) groups excluding carboxylic acids is 1. The summed E-state index contributed by atoms with van der Waals surface area (Å²) >= 11 is 0. The maximum Gasteiger partial charge on any atom is 0.315 e. The minimum absolute atomic E-state index is 0.198. The molecule has 1 aromatic rings. The summed E-state index contributed by atoms with van der Waals surface area (Å²) in [5, 5.41) is 15.4. The average Bonchev–Trinajstić information content (AvgIpc) is 2.56. The zero-order valence-electron chi connectivity index (χ0n) is 13.8. The van der Waals surface area contributed by atoms with Gasteiger partial charge < -0.3 is 20.5 Å². The molecule has 2 amide bonds. The van der Waals surface area contributed by atoms with Crippen LogP contribution in [0.3, 0.4) is 0 Å². The number of aliphatic hydroxyl groups excluding tert-OH is 1. The van der Waals surface area contributed by atoms with E-state index in [9.17, 15) is 9.90 Å². The molecule has 3 unspecified atom stereocenters. The van der Waals surface area contributed by atoms with Gasteiger partial charge in [-0.2, -0.15) is 0 Å². The molecule has 5 nitrogen and oxygen atoms in total. The highest BCUT2D eigenvalue weighted by molar-refractivity contribution is 5.74. The maximum absolute atomic E-state index is 12.0. The minimum Gasteiger partial charge on any atom is -0.389 e. The van der Waals surface area contributed by atoms with Crippen molar-refractivity contribution in [2.45, 2.75) is 44.2 Å². The molecule has 0 aromatic heterocycles. The summed E-state index contributed by atoms with van der Waals surface area (Å²) in [5.74, 6) is 0.473. The number of nitrogens with one attached hydrogen (secondary N) is 2. The van der Waals surface area contributed by atoms with Crippen molar-refractivity contribution in [3.8, 4) is 0 Å². The predicted octanol–water partition coefficient (Wildman–Crippen LogP) is 2.09. The highest BCUT2D eigenvalue weighted by Gasteiger charge is 2.26. The van der Waals surface area contributed by atoms with E-state index in [1.165, 1.54) is 19.1 Å². The molecule has 3 atom stereocenters. The number of hydrogen-bond donors (Lipinski definition) is 3. The summed E-state index contributed by atoms with van der Waals surface area (Å²) < 4.78 is 4.85. The second-order valence-corrected chi connectivity index (χ2v) is 6.30. The summed E-state index contributed by atoms with van der Waals surface area (Å²) in [5.41, 5.74) is 1.32. The van der Waals surface area contributed by atoms with Gasteiger partial charge in [-0.05, 0) is 30.7 Å². The lowest BCUT2D eigenvalue weighted by Crippen LogP contribution is -2.49. The highest BCUT2D eigenvalue weighted by atomic mass is 16.5. The van der Waals surface area contributed by atoms with Crippen molar-refractivity contribution in [2.75, 3.05) is 20.3 Å². The van der Waals surface area contributed by atoms with Gasteiger partial charge in [0.1, 0.15) is 0 Å². The van der Waals surface area contributed by atoms with Crippen LogP contribution in [0.5, 0.6) is 0 Å². The minimum atomic E-state index is -0.669. The van der Waals surface area contributed by atoms with E-state index in [0.29, 0.717) is 5.92 Å². The molecule has 0 bridgehead atoms. The van der Waals surface area contributed by atoms with E-state index in [1.54, 1.807) is 0 Å². The van der Waals surface area contributed by atoms with Crippen LogP contribution < -0.4 is 10.6 Å². The van der Waals surface area contributed by atoms with Crippen molar-refractivity contribution in [1.82, 2.24) is 10.6 Å². The standard InChI is InChI=1S/C18H28N2O3/c1-23-13-16(21)12-19-18(22)20-17-10-6-5-9-15(17)11-14-7-3-2-4-8-14/h2-4,7-8,15-17,21H,5-6,9-13H2,1H3,(H2,19,20,22). The van der Waals surface area contributed by atoms with Crippen molar-refractivity contribution in [2.24, 2.45) is 5.92 Å². The highest BCUT2D eigenvalue weighted by Crippen LogP contribution is 2.27.